The quantitative estimate of drug-likeness (QED) is 0.861. The van der Waals surface area contributed by atoms with Crippen molar-refractivity contribution in [1.82, 2.24) is 4.98 Å². The smallest absolute Gasteiger partial charge is 0.0726 e. The lowest BCUT2D eigenvalue weighted by Gasteiger charge is -2.25. The Hall–Kier alpha value is -1.61. The van der Waals surface area contributed by atoms with Crippen molar-refractivity contribution in [1.29, 1.82) is 0 Å². The molecule has 2 aromatic rings. The molecule has 0 bridgehead atoms. The first-order chi connectivity index (χ1) is 10.8. The molecule has 0 saturated carbocycles. The van der Waals surface area contributed by atoms with Crippen LogP contribution in [0.25, 0.3) is 10.9 Å². The maximum atomic E-state index is 5.68. The van der Waals surface area contributed by atoms with E-state index in [2.05, 4.69) is 42.2 Å². The van der Waals surface area contributed by atoms with Crippen molar-refractivity contribution in [2.45, 2.75) is 32.6 Å². The molecule has 3 nitrogen and oxygen atoms in total. The van der Waals surface area contributed by atoms with Crippen LogP contribution < -0.4 is 4.90 Å². The van der Waals surface area contributed by atoms with Crippen LogP contribution in [-0.4, -0.2) is 31.3 Å². The third-order valence-electron chi connectivity index (χ3n) is 5.22. The van der Waals surface area contributed by atoms with Gasteiger partial charge in [-0.2, -0.15) is 0 Å². The van der Waals surface area contributed by atoms with Gasteiger partial charge in [0.25, 0.3) is 0 Å². The fourth-order valence-corrected chi connectivity index (χ4v) is 3.97. The number of nitrogens with zero attached hydrogens (tertiary/aromatic N) is 2. The molecule has 4 rings (SSSR count). The van der Waals surface area contributed by atoms with Crippen LogP contribution >= 0.6 is 0 Å². The summed E-state index contributed by atoms with van der Waals surface area (Å²) < 4.78 is 5.68. The molecule has 1 aromatic heterocycles. The molecule has 1 unspecified atom stereocenters. The predicted octanol–water partition coefficient (Wildman–Crippen LogP) is 3.80. The van der Waals surface area contributed by atoms with Gasteiger partial charge in [0.15, 0.2) is 0 Å². The zero-order valence-corrected chi connectivity index (χ0v) is 13.3. The maximum absolute atomic E-state index is 5.68. The van der Waals surface area contributed by atoms with Crippen molar-refractivity contribution in [3.05, 3.63) is 36.0 Å². The van der Waals surface area contributed by atoms with Gasteiger partial charge < -0.3 is 9.64 Å². The Morgan fingerprint density at radius 3 is 3.00 bits per heavy atom. The van der Waals surface area contributed by atoms with E-state index in [-0.39, 0.29) is 0 Å². The molecule has 0 radical (unpaired) electrons. The average molecular weight is 296 g/mol. The highest BCUT2D eigenvalue weighted by Gasteiger charge is 2.41. The van der Waals surface area contributed by atoms with Crippen LogP contribution in [0.1, 0.15) is 31.9 Å². The molecule has 2 fully saturated rings. The van der Waals surface area contributed by atoms with Crippen LogP contribution in [0.2, 0.25) is 0 Å². The fourth-order valence-electron chi connectivity index (χ4n) is 3.97. The van der Waals surface area contributed by atoms with Gasteiger partial charge in [0.2, 0.25) is 0 Å². The van der Waals surface area contributed by atoms with E-state index >= 15 is 0 Å². The second-order valence-electron chi connectivity index (χ2n) is 6.87. The van der Waals surface area contributed by atoms with Crippen LogP contribution in [0, 0.1) is 5.41 Å². The average Bonchev–Trinajstić information content (AvgIpc) is 3.17. The van der Waals surface area contributed by atoms with Crippen molar-refractivity contribution in [3.63, 3.8) is 0 Å². The Morgan fingerprint density at radius 1 is 1.27 bits per heavy atom. The van der Waals surface area contributed by atoms with Crippen molar-refractivity contribution in [3.8, 4) is 0 Å². The number of aromatic nitrogens is 1. The predicted molar refractivity (Wildman–Crippen MR) is 90.4 cm³/mol. The monoisotopic (exact) mass is 296 g/mol. The summed E-state index contributed by atoms with van der Waals surface area (Å²) in [6.45, 7) is 6.37. The van der Waals surface area contributed by atoms with Crippen molar-refractivity contribution < 1.29 is 4.74 Å². The number of aryl methyl sites for hydroxylation is 1. The third kappa shape index (κ3) is 2.38. The topological polar surface area (TPSA) is 25.4 Å². The number of hydrogen-bond donors (Lipinski definition) is 0. The van der Waals surface area contributed by atoms with Crippen molar-refractivity contribution in [2.75, 3.05) is 31.2 Å². The molecule has 2 saturated heterocycles. The third-order valence-corrected chi connectivity index (χ3v) is 5.22. The molecule has 2 aliphatic heterocycles. The normalized spacial score (nSPS) is 24.7. The summed E-state index contributed by atoms with van der Waals surface area (Å²) in [7, 11) is 0. The fraction of sp³-hybridized carbons (Fsp3) is 0.526. The summed E-state index contributed by atoms with van der Waals surface area (Å²) in [4.78, 5) is 7.40. The van der Waals surface area contributed by atoms with Crippen LogP contribution in [0.5, 0.6) is 0 Å². The van der Waals surface area contributed by atoms with Crippen LogP contribution in [0.15, 0.2) is 30.3 Å². The van der Waals surface area contributed by atoms with Gasteiger partial charge in [0.05, 0.1) is 12.1 Å². The molecule has 1 spiro atoms. The van der Waals surface area contributed by atoms with Gasteiger partial charge in [0.1, 0.15) is 0 Å². The zero-order valence-electron chi connectivity index (χ0n) is 13.3. The van der Waals surface area contributed by atoms with Gasteiger partial charge in [-0.15, -0.1) is 0 Å². The molecule has 3 heterocycles. The molecular weight excluding hydrogens is 272 g/mol. The molecule has 116 valence electrons. The van der Waals surface area contributed by atoms with Gasteiger partial charge in [0, 0.05) is 41.9 Å². The molecule has 0 aliphatic carbocycles. The van der Waals surface area contributed by atoms with E-state index in [1.54, 1.807) is 0 Å². The Morgan fingerprint density at radius 2 is 2.18 bits per heavy atom. The Balaban J connectivity index is 1.73. The van der Waals surface area contributed by atoms with E-state index in [9.17, 15) is 0 Å². The highest BCUT2D eigenvalue weighted by atomic mass is 16.5. The summed E-state index contributed by atoms with van der Waals surface area (Å²) in [6.07, 6.45) is 4.67. The minimum absolute atomic E-state index is 0.398. The molecule has 22 heavy (non-hydrogen) atoms. The summed E-state index contributed by atoms with van der Waals surface area (Å²) in [5.74, 6) is 0. The largest absolute Gasteiger partial charge is 0.381 e. The van der Waals surface area contributed by atoms with Gasteiger partial charge >= 0.3 is 0 Å². The molecule has 3 heteroatoms. The zero-order chi connectivity index (χ0) is 15.0. The minimum atomic E-state index is 0.398. The second kappa shape index (κ2) is 5.54. The first kappa shape index (κ1) is 14.0. The van der Waals surface area contributed by atoms with E-state index < -0.39 is 0 Å². The van der Waals surface area contributed by atoms with Gasteiger partial charge in [-0.1, -0.05) is 31.5 Å². The van der Waals surface area contributed by atoms with Gasteiger partial charge in [-0.3, -0.25) is 4.98 Å². The summed E-state index contributed by atoms with van der Waals surface area (Å²) in [5.41, 5.74) is 4.12. The minimum Gasteiger partial charge on any atom is -0.381 e. The number of pyridine rings is 1. The van der Waals surface area contributed by atoms with Crippen LogP contribution in [-0.2, 0) is 11.2 Å². The number of benzene rings is 1. The summed E-state index contributed by atoms with van der Waals surface area (Å²) >= 11 is 0. The molecule has 0 N–H and O–H groups in total. The SMILES string of the molecule is CCCc1cc(N2CCC3(CCOC3)C2)c2ccccc2n1. The van der Waals surface area contributed by atoms with E-state index in [0.717, 1.165) is 44.7 Å². The maximum Gasteiger partial charge on any atom is 0.0726 e. The molecule has 1 aromatic carbocycles. The van der Waals surface area contributed by atoms with Crippen LogP contribution in [0.4, 0.5) is 5.69 Å². The van der Waals surface area contributed by atoms with Gasteiger partial charge in [-0.25, -0.2) is 0 Å². The Bertz CT molecular complexity index is 676. The lowest BCUT2D eigenvalue weighted by molar-refractivity contribution is 0.160. The van der Waals surface area contributed by atoms with E-state index in [1.807, 2.05) is 0 Å². The number of hydrogen-bond acceptors (Lipinski definition) is 3. The number of para-hydroxylation sites is 1. The molecule has 1 atom stereocenters. The van der Waals surface area contributed by atoms with E-state index in [0.29, 0.717) is 5.41 Å². The highest BCUT2D eigenvalue weighted by Crippen LogP contribution is 2.41. The molecule has 0 amide bonds. The Labute approximate surface area is 132 Å². The summed E-state index contributed by atoms with van der Waals surface area (Å²) in [5, 5.41) is 1.29. The van der Waals surface area contributed by atoms with E-state index in [4.69, 9.17) is 9.72 Å². The second-order valence-corrected chi connectivity index (χ2v) is 6.87. The van der Waals surface area contributed by atoms with Crippen molar-refractivity contribution >= 4 is 16.6 Å². The number of fused-ring (bicyclic) bond motifs is 1. The number of rotatable bonds is 3. The lowest BCUT2D eigenvalue weighted by atomic mass is 9.87. The first-order valence-corrected chi connectivity index (χ1v) is 8.51. The highest BCUT2D eigenvalue weighted by molar-refractivity contribution is 5.92. The first-order valence-electron chi connectivity index (χ1n) is 8.51. The lowest BCUT2D eigenvalue weighted by Crippen LogP contribution is -2.27. The number of anilines is 1. The standard InChI is InChI=1S/C19H24N2O/c1-2-5-15-12-18(16-6-3-4-7-17(16)20-15)21-10-8-19(13-21)9-11-22-14-19/h3-4,6-7,12H,2,5,8-11,13-14H2,1H3. The molecule has 2 aliphatic rings. The van der Waals surface area contributed by atoms with Gasteiger partial charge in [-0.05, 0) is 31.4 Å². The summed E-state index contributed by atoms with van der Waals surface area (Å²) in [6, 6.07) is 10.9. The van der Waals surface area contributed by atoms with Crippen molar-refractivity contribution in [2.24, 2.45) is 5.41 Å². The number of ether oxygens (including phenoxy) is 1. The van der Waals surface area contributed by atoms with Crippen LogP contribution in [0.3, 0.4) is 0 Å². The Kier molecular flexibility index (Phi) is 3.53. The molecular formula is C19H24N2O. The van der Waals surface area contributed by atoms with E-state index in [1.165, 1.54) is 29.6 Å².